The van der Waals surface area contributed by atoms with Crippen LogP contribution < -0.4 is 0 Å². The summed E-state index contributed by atoms with van der Waals surface area (Å²) in [4.78, 5) is 0. The molecule has 0 N–H and O–H groups in total. The van der Waals surface area contributed by atoms with Gasteiger partial charge in [0.1, 0.15) is 7.85 Å². The molecule has 11 heavy (non-hydrogen) atoms. The van der Waals surface area contributed by atoms with Crippen molar-refractivity contribution < 1.29 is 0 Å². The summed E-state index contributed by atoms with van der Waals surface area (Å²) < 4.78 is 0. The maximum atomic E-state index is 2.34. The van der Waals surface area contributed by atoms with E-state index in [2.05, 4.69) is 27.9 Å². The van der Waals surface area contributed by atoms with Gasteiger partial charge in [0, 0.05) is 0 Å². The predicted molar refractivity (Wildman–Crippen MR) is 59.4 cm³/mol. The lowest BCUT2D eigenvalue weighted by atomic mass is 9.77. The van der Waals surface area contributed by atoms with Crippen LogP contribution in [0.3, 0.4) is 0 Å². The summed E-state index contributed by atoms with van der Waals surface area (Å²) in [5.41, 5.74) is 0. The molecule has 0 aromatic rings. The van der Waals surface area contributed by atoms with E-state index in [9.17, 15) is 0 Å². The van der Waals surface area contributed by atoms with Gasteiger partial charge in [-0.1, -0.05) is 38.9 Å². The van der Waals surface area contributed by atoms with Gasteiger partial charge in [-0.3, -0.25) is 0 Å². The van der Waals surface area contributed by atoms with E-state index >= 15 is 0 Å². The molecule has 2 unspecified atom stereocenters. The molecule has 0 aliphatic heterocycles. The van der Waals surface area contributed by atoms with Crippen molar-refractivity contribution in [2.45, 2.75) is 38.9 Å². The van der Waals surface area contributed by atoms with Crippen LogP contribution in [0, 0.1) is 5.92 Å². The van der Waals surface area contributed by atoms with Gasteiger partial charge in [-0.25, -0.2) is 0 Å². The molecule has 0 saturated heterocycles. The second-order valence-electron chi connectivity index (χ2n) is 3.60. The van der Waals surface area contributed by atoms with Crippen LogP contribution in [-0.2, 0) is 0 Å². The fraction of sp³-hybridized carbons (Fsp3) is 1.00. The van der Waals surface area contributed by atoms with Crippen LogP contribution in [0.5, 0.6) is 0 Å². The van der Waals surface area contributed by atoms with Crippen LogP contribution in [0.4, 0.5) is 0 Å². The molecular weight excluding hydrogens is 151 g/mol. The van der Waals surface area contributed by atoms with Gasteiger partial charge in [0.15, 0.2) is 0 Å². The number of rotatable bonds is 6. The molecule has 0 bridgehead atoms. The van der Waals surface area contributed by atoms with Gasteiger partial charge in [-0.2, -0.15) is 11.8 Å². The molecule has 0 aliphatic rings. The first-order chi connectivity index (χ1) is 5.22. The van der Waals surface area contributed by atoms with Crippen molar-refractivity contribution in [3.8, 4) is 0 Å². The molecule has 0 rings (SSSR count). The minimum atomic E-state index is 0.869. The lowest BCUT2D eigenvalue weighted by Crippen LogP contribution is -2.09. The van der Waals surface area contributed by atoms with E-state index in [1.165, 1.54) is 25.0 Å². The Balaban J connectivity index is 3.51. The van der Waals surface area contributed by atoms with Crippen LogP contribution in [0.1, 0.15) is 33.1 Å². The molecule has 0 amide bonds. The molecule has 0 aromatic heterocycles. The summed E-state index contributed by atoms with van der Waals surface area (Å²) in [5, 5.41) is 0. The average molecular weight is 172 g/mol. The van der Waals surface area contributed by atoms with E-state index in [1.54, 1.807) is 0 Å². The molecule has 2 heteroatoms. The van der Waals surface area contributed by atoms with Crippen molar-refractivity contribution in [1.82, 2.24) is 0 Å². The first kappa shape index (κ1) is 11.4. The lowest BCUT2D eigenvalue weighted by molar-refractivity contribution is 0.500. The summed E-state index contributed by atoms with van der Waals surface area (Å²) in [6.07, 6.45) is 6.39. The van der Waals surface area contributed by atoms with Crippen molar-refractivity contribution in [1.29, 1.82) is 0 Å². The second-order valence-corrected chi connectivity index (χ2v) is 4.51. The molecule has 66 valence electrons. The molecule has 0 radical (unpaired) electrons. The van der Waals surface area contributed by atoms with E-state index in [0.717, 1.165) is 11.7 Å². The van der Waals surface area contributed by atoms with E-state index < -0.39 is 0 Å². The fourth-order valence-electron chi connectivity index (χ4n) is 1.29. The Morgan fingerprint density at radius 3 is 2.45 bits per heavy atom. The number of thioether (sulfide) groups is 1. The summed E-state index contributed by atoms with van der Waals surface area (Å²) in [6, 6.07) is 0. The lowest BCUT2D eigenvalue weighted by Gasteiger charge is -2.19. The second kappa shape index (κ2) is 7.09. The third kappa shape index (κ3) is 5.66. The molecule has 0 heterocycles. The quantitative estimate of drug-likeness (QED) is 0.555. The Labute approximate surface area is 76.9 Å². The standard InChI is InChI=1S/C9H21BS/c1-4-5-6-9(7-11-3)8(2)10/h8-9H,4-7,10H2,1-3H3. The third-order valence-electron chi connectivity index (χ3n) is 2.25. The maximum Gasteiger partial charge on any atom is 0.105 e. The van der Waals surface area contributed by atoms with Crippen LogP contribution in [-0.4, -0.2) is 19.9 Å². The van der Waals surface area contributed by atoms with E-state index in [1.807, 2.05) is 11.8 Å². The van der Waals surface area contributed by atoms with Gasteiger partial charge < -0.3 is 0 Å². The van der Waals surface area contributed by atoms with Crippen LogP contribution in [0.2, 0.25) is 5.82 Å². The highest BCUT2D eigenvalue weighted by atomic mass is 32.2. The maximum absolute atomic E-state index is 2.34. The number of hydrogen-bond acceptors (Lipinski definition) is 1. The fourth-order valence-corrected chi connectivity index (χ4v) is 2.27. The zero-order valence-electron chi connectivity index (χ0n) is 8.39. The highest BCUT2D eigenvalue weighted by molar-refractivity contribution is 7.98. The van der Waals surface area contributed by atoms with Gasteiger partial charge >= 0.3 is 0 Å². The molecule has 0 aliphatic carbocycles. The Kier molecular flexibility index (Phi) is 7.35. The van der Waals surface area contributed by atoms with Crippen molar-refractivity contribution in [3.63, 3.8) is 0 Å². The highest BCUT2D eigenvalue weighted by Crippen LogP contribution is 2.23. The van der Waals surface area contributed by atoms with Crippen molar-refractivity contribution in [2.24, 2.45) is 5.92 Å². The topological polar surface area (TPSA) is 0 Å². The van der Waals surface area contributed by atoms with Crippen LogP contribution >= 0.6 is 11.8 Å². The molecule has 0 aromatic carbocycles. The van der Waals surface area contributed by atoms with E-state index in [0.29, 0.717) is 0 Å². The predicted octanol–water partition coefficient (Wildman–Crippen LogP) is 2.60. The normalized spacial score (nSPS) is 16.3. The summed E-state index contributed by atoms with van der Waals surface area (Å²) in [6.45, 7) is 4.62. The average Bonchev–Trinajstić information content (AvgIpc) is 1.97. The van der Waals surface area contributed by atoms with Crippen LogP contribution in [0.25, 0.3) is 0 Å². The Morgan fingerprint density at radius 2 is 2.09 bits per heavy atom. The van der Waals surface area contributed by atoms with Crippen molar-refractivity contribution in [2.75, 3.05) is 12.0 Å². The smallest absolute Gasteiger partial charge is 0.105 e. The Hall–Kier alpha value is 0.415. The van der Waals surface area contributed by atoms with Gasteiger partial charge in [0.05, 0.1) is 0 Å². The van der Waals surface area contributed by atoms with E-state index in [-0.39, 0.29) is 0 Å². The molecule has 0 fully saturated rings. The zero-order chi connectivity index (χ0) is 8.69. The Morgan fingerprint density at radius 1 is 1.45 bits per heavy atom. The first-order valence-electron chi connectivity index (χ1n) is 4.71. The summed E-state index contributed by atoms with van der Waals surface area (Å²) in [7, 11) is 2.34. The third-order valence-corrected chi connectivity index (χ3v) is 3.01. The first-order valence-corrected chi connectivity index (χ1v) is 6.10. The summed E-state index contributed by atoms with van der Waals surface area (Å²) in [5.74, 6) is 3.16. The van der Waals surface area contributed by atoms with E-state index in [4.69, 9.17) is 0 Å². The molecule has 0 nitrogen and oxygen atoms in total. The van der Waals surface area contributed by atoms with Gasteiger partial charge in [0.25, 0.3) is 0 Å². The van der Waals surface area contributed by atoms with Crippen LogP contribution in [0.15, 0.2) is 0 Å². The molecule has 2 atom stereocenters. The van der Waals surface area contributed by atoms with Gasteiger partial charge in [-0.05, 0) is 17.9 Å². The van der Waals surface area contributed by atoms with Gasteiger partial charge in [-0.15, -0.1) is 0 Å². The number of unbranched alkanes of at least 4 members (excludes halogenated alkanes) is 1. The molecular formula is C9H21BS. The molecule has 0 saturated carbocycles. The minimum Gasteiger partial charge on any atom is -0.165 e. The Bertz CT molecular complexity index is 83.6. The SMILES string of the molecule is BC(C)C(CCCC)CSC. The number of hydrogen-bond donors (Lipinski definition) is 0. The summed E-state index contributed by atoms with van der Waals surface area (Å²) >= 11 is 1.99. The minimum absolute atomic E-state index is 0.869. The monoisotopic (exact) mass is 172 g/mol. The molecule has 0 spiro atoms. The largest absolute Gasteiger partial charge is 0.165 e. The van der Waals surface area contributed by atoms with Crippen molar-refractivity contribution >= 4 is 19.6 Å². The van der Waals surface area contributed by atoms with Gasteiger partial charge in [0.2, 0.25) is 0 Å². The zero-order valence-corrected chi connectivity index (χ0v) is 9.21. The van der Waals surface area contributed by atoms with Crippen molar-refractivity contribution in [3.05, 3.63) is 0 Å². The highest BCUT2D eigenvalue weighted by Gasteiger charge is 2.11.